The zero-order chi connectivity index (χ0) is 32.2. The van der Waals surface area contributed by atoms with Crippen molar-refractivity contribution in [3.63, 3.8) is 0 Å². The van der Waals surface area contributed by atoms with E-state index in [4.69, 9.17) is 23.7 Å². The Morgan fingerprint density at radius 2 is 0.787 bits per heavy atom. The Hall–Kier alpha value is -4.43. The summed E-state index contributed by atoms with van der Waals surface area (Å²) in [6, 6.07) is 49.3. The molecule has 0 bridgehead atoms. The molecule has 1 aliphatic rings. The smallest absolute Gasteiger partial charge is 0.259 e. The first kappa shape index (κ1) is 32.5. The Bertz CT molecular complexity index is 1590. The largest absolute Gasteiger partial charge is 0.370 e. The molecule has 47 heavy (non-hydrogen) atoms. The number of carbonyl (C=O) groups excluding carboxylic acids is 1. The van der Waals surface area contributed by atoms with Gasteiger partial charge in [-0.05, 0) is 27.8 Å². The fourth-order valence-electron chi connectivity index (χ4n) is 5.76. The SMILES string of the molecule is O=C1C[C@H](OCc2ccccc2)[C@@H](OCc2ccccc2)C(OCc2ccccc2)C1(OCc1ccccc1)OCc1ccccc1. The van der Waals surface area contributed by atoms with Crippen molar-refractivity contribution >= 4 is 5.78 Å². The second-order valence-corrected chi connectivity index (χ2v) is 11.7. The maximum absolute atomic E-state index is 14.6. The number of rotatable bonds is 15. The Morgan fingerprint density at radius 1 is 0.447 bits per heavy atom. The first-order valence-corrected chi connectivity index (χ1v) is 16.1. The molecule has 0 radical (unpaired) electrons. The van der Waals surface area contributed by atoms with Crippen molar-refractivity contribution in [2.45, 2.75) is 63.6 Å². The molecular formula is C41H40O6. The lowest BCUT2D eigenvalue weighted by molar-refractivity contribution is -0.323. The van der Waals surface area contributed by atoms with E-state index in [2.05, 4.69) is 0 Å². The van der Waals surface area contributed by atoms with Gasteiger partial charge in [-0.3, -0.25) is 4.79 Å². The van der Waals surface area contributed by atoms with E-state index in [0.29, 0.717) is 13.2 Å². The third-order valence-corrected chi connectivity index (χ3v) is 8.27. The number of benzene rings is 5. The first-order chi connectivity index (χ1) is 23.2. The third kappa shape index (κ3) is 8.69. The molecule has 3 atom stereocenters. The molecule has 6 heteroatoms. The molecule has 0 N–H and O–H groups in total. The van der Waals surface area contributed by atoms with E-state index in [0.717, 1.165) is 27.8 Å². The zero-order valence-electron chi connectivity index (χ0n) is 26.4. The van der Waals surface area contributed by atoms with Crippen LogP contribution in [0, 0.1) is 0 Å². The highest BCUT2D eigenvalue weighted by Crippen LogP contribution is 2.39. The van der Waals surface area contributed by atoms with Crippen molar-refractivity contribution in [3.8, 4) is 0 Å². The molecule has 0 spiro atoms. The van der Waals surface area contributed by atoms with Crippen LogP contribution in [0.4, 0.5) is 0 Å². The summed E-state index contributed by atoms with van der Waals surface area (Å²) >= 11 is 0. The summed E-state index contributed by atoms with van der Waals surface area (Å²) in [5.41, 5.74) is 4.77. The number of hydrogen-bond acceptors (Lipinski definition) is 6. The van der Waals surface area contributed by atoms with Gasteiger partial charge >= 0.3 is 0 Å². The summed E-state index contributed by atoms with van der Waals surface area (Å²) in [7, 11) is 0. The maximum Gasteiger partial charge on any atom is 0.259 e. The maximum atomic E-state index is 14.6. The van der Waals surface area contributed by atoms with Gasteiger partial charge in [-0.25, -0.2) is 0 Å². The number of ether oxygens (including phenoxy) is 5. The van der Waals surface area contributed by atoms with Crippen LogP contribution >= 0.6 is 0 Å². The molecule has 5 aromatic rings. The van der Waals surface area contributed by atoms with E-state index in [9.17, 15) is 4.79 Å². The summed E-state index contributed by atoms with van der Waals surface area (Å²) in [4.78, 5) is 14.6. The lowest BCUT2D eigenvalue weighted by atomic mass is 9.84. The van der Waals surface area contributed by atoms with Crippen molar-refractivity contribution < 1.29 is 28.5 Å². The number of carbonyl (C=O) groups is 1. The molecular weight excluding hydrogens is 588 g/mol. The lowest BCUT2D eigenvalue weighted by Crippen LogP contribution is -2.67. The number of hydrogen-bond donors (Lipinski definition) is 0. The molecule has 0 aliphatic heterocycles. The van der Waals surface area contributed by atoms with Crippen LogP contribution in [0.2, 0.25) is 0 Å². The van der Waals surface area contributed by atoms with Crippen molar-refractivity contribution in [1.29, 1.82) is 0 Å². The Morgan fingerprint density at radius 3 is 1.19 bits per heavy atom. The van der Waals surface area contributed by atoms with Crippen LogP contribution in [0.15, 0.2) is 152 Å². The van der Waals surface area contributed by atoms with Crippen LogP contribution in [-0.4, -0.2) is 29.9 Å². The predicted octanol–water partition coefficient (Wildman–Crippen LogP) is 7.85. The molecule has 5 aromatic carbocycles. The second-order valence-electron chi connectivity index (χ2n) is 11.7. The minimum Gasteiger partial charge on any atom is -0.370 e. The van der Waals surface area contributed by atoms with E-state index < -0.39 is 24.1 Å². The fraction of sp³-hybridized carbons (Fsp3) is 0.244. The van der Waals surface area contributed by atoms with Crippen molar-refractivity contribution in [1.82, 2.24) is 0 Å². The summed E-state index contributed by atoms with van der Waals surface area (Å²) in [5, 5.41) is 0. The van der Waals surface area contributed by atoms with Gasteiger partial charge in [-0.1, -0.05) is 152 Å². The minimum absolute atomic E-state index is 0.0288. The van der Waals surface area contributed by atoms with E-state index in [1.54, 1.807) is 0 Å². The monoisotopic (exact) mass is 628 g/mol. The average molecular weight is 629 g/mol. The minimum atomic E-state index is -1.77. The Balaban J connectivity index is 1.38. The molecule has 1 saturated carbocycles. The molecule has 240 valence electrons. The van der Waals surface area contributed by atoms with E-state index >= 15 is 0 Å². The third-order valence-electron chi connectivity index (χ3n) is 8.27. The highest BCUT2D eigenvalue weighted by molar-refractivity contribution is 5.88. The molecule has 0 aromatic heterocycles. The highest BCUT2D eigenvalue weighted by atomic mass is 16.7. The quantitative estimate of drug-likeness (QED) is 0.110. The first-order valence-electron chi connectivity index (χ1n) is 16.1. The molecule has 1 unspecified atom stereocenters. The van der Waals surface area contributed by atoms with Gasteiger partial charge in [0.05, 0.1) is 39.1 Å². The zero-order valence-corrected chi connectivity index (χ0v) is 26.4. The van der Waals surface area contributed by atoms with E-state index in [1.807, 2.05) is 152 Å². The molecule has 0 saturated heterocycles. The van der Waals surface area contributed by atoms with Gasteiger partial charge in [0.15, 0.2) is 5.78 Å². The van der Waals surface area contributed by atoms with Crippen LogP contribution < -0.4 is 0 Å². The summed E-state index contributed by atoms with van der Waals surface area (Å²) in [6.07, 6.45) is -2.24. The van der Waals surface area contributed by atoms with Crippen LogP contribution in [0.25, 0.3) is 0 Å². The van der Waals surface area contributed by atoms with Gasteiger partial charge in [0, 0.05) is 6.42 Å². The van der Waals surface area contributed by atoms with E-state index in [1.165, 1.54) is 0 Å². The topological polar surface area (TPSA) is 63.2 Å². The summed E-state index contributed by atoms with van der Waals surface area (Å²) in [6.45, 7) is 1.13. The Labute approximate surface area is 276 Å². The van der Waals surface area contributed by atoms with E-state index in [-0.39, 0.29) is 32.0 Å². The van der Waals surface area contributed by atoms with Crippen molar-refractivity contribution in [3.05, 3.63) is 179 Å². The number of ketones is 1. The standard InChI is InChI=1S/C41H40O6/c42-38-26-37(43-27-32-16-6-1-7-17-32)39(44-28-33-18-8-2-9-19-33)40(45-29-34-20-10-3-11-21-34)41(38,46-30-35-22-12-4-13-23-35)47-31-36-24-14-5-15-25-36/h1-25,37,39-40H,26-31H2/t37-,39+,40?/m0/s1. The van der Waals surface area contributed by atoms with Gasteiger partial charge in [0.25, 0.3) is 5.79 Å². The van der Waals surface area contributed by atoms with Crippen LogP contribution in [-0.2, 0) is 61.5 Å². The highest BCUT2D eigenvalue weighted by Gasteiger charge is 2.59. The molecule has 1 fully saturated rings. The van der Waals surface area contributed by atoms with Crippen molar-refractivity contribution in [2.75, 3.05) is 0 Å². The van der Waals surface area contributed by atoms with Crippen LogP contribution in [0.3, 0.4) is 0 Å². The fourth-order valence-corrected chi connectivity index (χ4v) is 5.76. The molecule has 6 rings (SSSR count). The molecule has 1 aliphatic carbocycles. The summed E-state index contributed by atoms with van der Waals surface area (Å²) < 4.78 is 33.3. The molecule has 0 heterocycles. The lowest BCUT2D eigenvalue weighted by Gasteiger charge is -2.47. The van der Waals surface area contributed by atoms with Gasteiger partial charge in [0.1, 0.15) is 12.2 Å². The van der Waals surface area contributed by atoms with Gasteiger partial charge in [-0.15, -0.1) is 0 Å². The average Bonchev–Trinajstić information content (AvgIpc) is 3.14. The normalized spacial score (nSPS) is 19.0. The van der Waals surface area contributed by atoms with Crippen LogP contribution in [0.1, 0.15) is 34.2 Å². The second kappa shape index (κ2) is 16.4. The van der Waals surface area contributed by atoms with Gasteiger partial charge < -0.3 is 23.7 Å². The molecule has 0 amide bonds. The van der Waals surface area contributed by atoms with Gasteiger partial charge in [-0.2, -0.15) is 0 Å². The summed E-state index contributed by atoms with van der Waals surface area (Å²) in [5.74, 6) is -2.02. The molecule has 6 nitrogen and oxygen atoms in total. The van der Waals surface area contributed by atoms with Gasteiger partial charge in [0.2, 0.25) is 0 Å². The van der Waals surface area contributed by atoms with Crippen molar-refractivity contribution in [2.24, 2.45) is 0 Å². The predicted molar refractivity (Wildman–Crippen MR) is 180 cm³/mol. The van der Waals surface area contributed by atoms with Crippen LogP contribution in [0.5, 0.6) is 0 Å². The Kier molecular flexibility index (Phi) is 11.4. The number of Topliss-reactive ketones (excluding diaryl/α,β-unsaturated/α-hetero) is 1.